The summed E-state index contributed by atoms with van der Waals surface area (Å²) in [6.07, 6.45) is 0.118. The maximum atomic E-state index is 12.1. The number of ether oxygens (including phenoxy) is 1. The molecule has 0 unspecified atom stereocenters. The third-order valence-electron chi connectivity index (χ3n) is 3.96. The molecule has 2 rings (SSSR count). The minimum atomic E-state index is -0.488. The second-order valence-electron chi connectivity index (χ2n) is 5.83. The van der Waals surface area contributed by atoms with Gasteiger partial charge in [0, 0.05) is 37.1 Å². The van der Waals surface area contributed by atoms with E-state index in [0.29, 0.717) is 22.8 Å². The Morgan fingerprint density at radius 3 is 2.52 bits per heavy atom. The Morgan fingerprint density at radius 1 is 1.11 bits per heavy atom. The SMILES string of the molecule is COC(=O)c1cccc(N(CCC(=O)NCc2ccccc2Cl)C(C)=O)c1. The minimum Gasteiger partial charge on any atom is -0.465 e. The number of esters is 1. The molecule has 0 aromatic heterocycles. The van der Waals surface area contributed by atoms with E-state index >= 15 is 0 Å². The van der Waals surface area contributed by atoms with E-state index in [1.165, 1.54) is 18.9 Å². The van der Waals surface area contributed by atoms with Crippen molar-refractivity contribution in [1.82, 2.24) is 5.32 Å². The summed E-state index contributed by atoms with van der Waals surface area (Å²) in [5.41, 5.74) is 1.69. The van der Waals surface area contributed by atoms with Crippen molar-refractivity contribution in [1.29, 1.82) is 0 Å². The molecule has 0 bridgehead atoms. The molecule has 27 heavy (non-hydrogen) atoms. The molecule has 0 aliphatic carbocycles. The van der Waals surface area contributed by atoms with Crippen LogP contribution in [0.3, 0.4) is 0 Å². The Labute approximate surface area is 163 Å². The van der Waals surface area contributed by atoms with Crippen LogP contribution in [0.2, 0.25) is 5.02 Å². The molecule has 0 aliphatic heterocycles. The van der Waals surface area contributed by atoms with E-state index in [1.54, 1.807) is 30.3 Å². The molecular weight excluding hydrogens is 368 g/mol. The maximum absolute atomic E-state index is 12.1. The molecule has 0 fully saturated rings. The quantitative estimate of drug-likeness (QED) is 0.739. The van der Waals surface area contributed by atoms with Crippen LogP contribution in [0.15, 0.2) is 48.5 Å². The first-order valence-corrected chi connectivity index (χ1v) is 8.76. The molecule has 0 radical (unpaired) electrons. The summed E-state index contributed by atoms with van der Waals surface area (Å²) in [6, 6.07) is 13.8. The van der Waals surface area contributed by atoms with Crippen LogP contribution in [0.4, 0.5) is 5.69 Å². The Kier molecular flexibility index (Phi) is 7.37. The molecule has 0 spiro atoms. The summed E-state index contributed by atoms with van der Waals surface area (Å²) in [5, 5.41) is 3.37. The highest BCUT2D eigenvalue weighted by Gasteiger charge is 2.15. The number of amides is 2. The number of benzene rings is 2. The molecule has 142 valence electrons. The molecule has 2 aromatic carbocycles. The Bertz CT molecular complexity index is 838. The predicted octanol–water partition coefficient (Wildman–Crippen LogP) is 3.19. The first-order valence-electron chi connectivity index (χ1n) is 8.39. The van der Waals surface area contributed by atoms with Crippen molar-refractivity contribution in [2.45, 2.75) is 19.9 Å². The van der Waals surface area contributed by atoms with Crippen LogP contribution in [0.5, 0.6) is 0 Å². The monoisotopic (exact) mass is 388 g/mol. The van der Waals surface area contributed by atoms with Crippen LogP contribution in [-0.4, -0.2) is 31.4 Å². The number of rotatable bonds is 7. The number of nitrogens with one attached hydrogen (secondary N) is 1. The Hall–Kier alpha value is -2.86. The molecule has 0 aliphatic rings. The van der Waals surface area contributed by atoms with Crippen molar-refractivity contribution >= 4 is 35.1 Å². The summed E-state index contributed by atoms with van der Waals surface area (Å²) >= 11 is 6.07. The van der Waals surface area contributed by atoms with Gasteiger partial charge in [0.1, 0.15) is 0 Å². The van der Waals surface area contributed by atoms with E-state index < -0.39 is 5.97 Å². The van der Waals surface area contributed by atoms with E-state index in [1.807, 2.05) is 18.2 Å². The average Bonchev–Trinajstić information content (AvgIpc) is 2.67. The highest BCUT2D eigenvalue weighted by Crippen LogP contribution is 2.18. The van der Waals surface area contributed by atoms with Gasteiger partial charge in [-0.2, -0.15) is 0 Å². The summed E-state index contributed by atoms with van der Waals surface area (Å²) in [6.45, 7) is 1.91. The molecule has 0 saturated carbocycles. The standard InChI is InChI=1S/C20H21ClN2O4/c1-14(24)23(17-8-5-7-15(12-17)20(26)27-2)11-10-19(25)22-13-16-6-3-4-9-18(16)21/h3-9,12H,10-11,13H2,1-2H3,(H,22,25). The lowest BCUT2D eigenvalue weighted by atomic mass is 10.1. The van der Waals surface area contributed by atoms with E-state index in [2.05, 4.69) is 5.32 Å². The van der Waals surface area contributed by atoms with Crippen LogP contribution in [0.1, 0.15) is 29.3 Å². The van der Waals surface area contributed by atoms with Gasteiger partial charge in [-0.25, -0.2) is 4.79 Å². The van der Waals surface area contributed by atoms with E-state index in [0.717, 1.165) is 5.56 Å². The van der Waals surface area contributed by atoms with Crippen LogP contribution < -0.4 is 10.2 Å². The smallest absolute Gasteiger partial charge is 0.337 e. The van der Waals surface area contributed by atoms with Gasteiger partial charge < -0.3 is 15.0 Å². The lowest BCUT2D eigenvalue weighted by molar-refractivity contribution is -0.121. The minimum absolute atomic E-state index is 0.118. The average molecular weight is 389 g/mol. The van der Waals surface area contributed by atoms with Crippen LogP contribution in [-0.2, 0) is 20.9 Å². The number of nitrogens with zero attached hydrogens (tertiary/aromatic N) is 1. The number of halogens is 1. The maximum Gasteiger partial charge on any atom is 0.337 e. The van der Waals surface area contributed by atoms with Crippen LogP contribution in [0.25, 0.3) is 0 Å². The molecule has 1 N–H and O–H groups in total. The second kappa shape index (κ2) is 9.73. The van der Waals surface area contributed by atoms with Gasteiger partial charge in [0.15, 0.2) is 0 Å². The van der Waals surface area contributed by atoms with Gasteiger partial charge in [-0.15, -0.1) is 0 Å². The van der Waals surface area contributed by atoms with Crippen molar-refractivity contribution in [2.75, 3.05) is 18.6 Å². The lowest BCUT2D eigenvalue weighted by Crippen LogP contribution is -2.33. The molecule has 0 heterocycles. The molecule has 7 heteroatoms. The Morgan fingerprint density at radius 2 is 1.85 bits per heavy atom. The molecule has 2 amide bonds. The van der Waals surface area contributed by atoms with Crippen molar-refractivity contribution in [3.05, 3.63) is 64.7 Å². The number of hydrogen-bond acceptors (Lipinski definition) is 4. The van der Waals surface area contributed by atoms with E-state index in [4.69, 9.17) is 16.3 Å². The number of carbonyl (C=O) groups is 3. The van der Waals surface area contributed by atoms with Gasteiger partial charge in [0.2, 0.25) is 11.8 Å². The van der Waals surface area contributed by atoms with E-state index in [9.17, 15) is 14.4 Å². The largest absolute Gasteiger partial charge is 0.465 e. The summed E-state index contributed by atoms with van der Waals surface area (Å²) in [5.74, 6) is -0.918. The van der Waals surface area contributed by atoms with E-state index in [-0.39, 0.29) is 24.8 Å². The normalized spacial score (nSPS) is 10.2. The van der Waals surface area contributed by atoms with Crippen molar-refractivity contribution in [3.63, 3.8) is 0 Å². The van der Waals surface area contributed by atoms with Crippen molar-refractivity contribution < 1.29 is 19.1 Å². The zero-order chi connectivity index (χ0) is 19.8. The van der Waals surface area contributed by atoms with Gasteiger partial charge in [-0.1, -0.05) is 35.9 Å². The van der Waals surface area contributed by atoms with Crippen LogP contribution in [0, 0.1) is 0 Å². The highest BCUT2D eigenvalue weighted by atomic mass is 35.5. The third-order valence-corrected chi connectivity index (χ3v) is 4.32. The van der Waals surface area contributed by atoms with Gasteiger partial charge in [-0.3, -0.25) is 9.59 Å². The third kappa shape index (κ3) is 5.82. The molecule has 0 saturated heterocycles. The number of methoxy groups -OCH3 is 1. The van der Waals surface area contributed by atoms with Crippen LogP contribution >= 0.6 is 11.6 Å². The summed E-state index contributed by atoms with van der Waals surface area (Å²) < 4.78 is 4.70. The van der Waals surface area contributed by atoms with Crippen molar-refractivity contribution in [3.8, 4) is 0 Å². The molecule has 6 nitrogen and oxygen atoms in total. The molecule has 0 atom stereocenters. The zero-order valence-corrected chi connectivity index (χ0v) is 16.0. The topological polar surface area (TPSA) is 75.7 Å². The number of anilines is 1. The van der Waals surface area contributed by atoms with Gasteiger partial charge in [0.25, 0.3) is 0 Å². The molecular formula is C20H21ClN2O4. The first kappa shape index (κ1) is 20.5. The highest BCUT2D eigenvalue weighted by molar-refractivity contribution is 6.31. The van der Waals surface area contributed by atoms with Gasteiger partial charge in [-0.05, 0) is 29.8 Å². The Balaban J connectivity index is 1.98. The number of carbonyl (C=O) groups excluding carboxylic acids is 3. The second-order valence-corrected chi connectivity index (χ2v) is 6.24. The summed E-state index contributed by atoms with van der Waals surface area (Å²) in [7, 11) is 1.29. The van der Waals surface area contributed by atoms with Crippen molar-refractivity contribution in [2.24, 2.45) is 0 Å². The number of hydrogen-bond donors (Lipinski definition) is 1. The molecule has 2 aromatic rings. The fourth-order valence-corrected chi connectivity index (χ4v) is 2.73. The predicted molar refractivity (Wildman–Crippen MR) is 104 cm³/mol. The van der Waals surface area contributed by atoms with Gasteiger partial charge in [0.05, 0.1) is 12.7 Å². The first-order chi connectivity index (χ1) is 12.9. The fourth-order valence-electron chi connectivity index (χ4n) is 2.52. The fraction of sp³-hybridized carbons (Fsp3) is 0.250. The summed E-state index contributed by atoms with van der Waals surface area (Å²) in [4.78, 5) is 37.3. The van der Waals surface area contributed by atoms with Gasteiger partial charge >= 0.3 is 5.97 Å². The lowest BCUT2D eigenvalue weighted by Gasteiger charge is -2.21. The zero-order valence-electron chi connectivity index (χ0n) is 15.2.